The molecule has 1 aromatic rings. The predicted octanol–water partition coefficient (Wildman–Crippen LogP) is 1.94. The third kappa shape index (κ3) is 4.59. The lowest BCUT2D eigenvalue weighted by molar-refractivity contribution is -0.0452. The summed E-state index contributed by atoms with van der Waals surface area (Å²) in [5.74, 6) is 2.14. The summed E-state index contributed by atoms with van der Waals surface area (Å²) in [6, 6.07) is 6.38. The number of methoxy groups -OCH3 is 1. The fraction of sp³-hybridized carbons (Fsp3) is 0.632. The maximum absolute atomic E-state index is 5.99. The maximum Gasteiger partial charge on any atom is 0.195 e. The Labute approximate surface area is 155 Å². The summed E-state index contributed by atoms with van der Waals surface area (Å²) in [6.45, 7) is 6.32. The molecule has 0 radical (unpaired) electrons. The number of nitrogens with zero attached hydrogens (tertiary/aromatic N) is 2. The van der Waals surface area contributed by atoms with Gasteiger partial charge in [-0.05, 0) is 38.4 Å². The van der Waals surface area contributed by atoms with E-state index in [1.54, 1.807) is 14.2 Å². The van der Waals surface area contributed by atoms with Crippen LogP contribution in [0.25, 0.3) is 0 Å². The van der Waals surface area contributed by atoms with Crippen molar-refractivity contribution in [2.45, 2.75) is 31.9 Å². The van der Waals surface area contributed by atoms with E-state index in [1.165, 1.54) is 19.4 Å². The van der Waals surface area contributed by atoms with Gasteiger partial charge in [0.05, 0.1) is 26.4 Å². The van der Waals surface area contributed by atoms with Crippen molar-refractivity contribution in [2.75, 3.05) is 52.3 Å². The summed E-state index contributed by atoms with van der Waals surface area (Å²) >= 11 is 0. The zero-order chi connectivity index (χ0) is 18.4. The molecular formula is C19H30N4O3. The van der Waals surface area contributed by atoms with Gasteiger partial charge in [-0.25, -0.2) is 0 Å². The molecule has 26 heavy (non-hydrogen) atoms. The lowest BCUT2D eigenvalue weighted by Crippen LogP contribution is -2.50. The molecule has 3 rings (SSSR count). The Kier molecular flexibility index (Phi) is 6.57. The number of morpholine rings is 1. The van der Waals surface area contributed by atoms with Crippen LogP contribution < -0.4 is 20.1 Å². The second-order valence-electron chi connectivity index (χ2n) is 6.62. The highest BCUT2D eigenvalue weighted by atomic mass is 16.5. The summed E-state index contributed by atoms with van der Waals surface area (Å²) in [5, 5.41) is 6.65. The molecule has 2 atom stereocenters. The topological polar surface area (TPSA) is 67.4 Å². The molecule has 1 aromatic carbocycles. The normalized spacial score (nSPS) is 23.4. The highest BCUT2D eigenvalue weighted by molar-refractivity contribution is 5.93. The first kappa shape index (κ1) is 18.8. The number of hydrogen-bond acceptors (Lipinski definition) is 5. The quantitative estimate of drug-likeness (QED) is 0.596. The van der Waals surface area contributed by atoms with Crippen molar-refractivity contribution in [3.05, 3.63) is 18.2 Å². The van der Waals surface area contributed by atoms with Crippen LogP contribution in [0.3, 0.4) is 0 Å². The summed E-state index contributed by atoms with van der Waals surface area (Å²) in [7, 11) is 3.40. The first-order valence-corrected chi connectivity index (χ1v) is 9.37. The molecule has 144 valence electrons. The molecule has 0 amide bonds. The minimum Gasteiger partial charge on any atom is -0.493 e. The van der Waals surface area contributed by atoms with E-state index >= 15 is 0 Å². The van der Waals surface area contributed by atoms with Gasteiger partial charge in [-0.3, -0.25) is 9.89 Å². The molecule has 7 nitrogen and oxygen atoms in total. The van der Waals surface area contributed by atoms with E-state index in [9.17, 15) is 0 Å². The second-order valence-corrected chi connectivity index (χ2v) is 6.62. The SMILES string of the molecule is CCOc1ccc(NC(=NC)NCC2CN3CCCC3CO2)cc1OC. The van der Waals surface area contributed by atoms with Gasteiger partial charge in [0.25, 0.3) is 0 Å². The maximum atomic E-state index is 5.99. The van der Waals surface area contributed by atoms with Crippen molar-refractivity contribution in [1.82, 2.24) is 10.2 Å². The molecule has 2 heterocycles. The van der Waals surface area contributed by atoms with Crippen LogP contribution in [0.2, 0.25) is 0 Å². The molecule has 7 heteroatoms. The Morgan fingerprint density at radius 3 is 3.04 bits per heavy atom. The van der Waals surface area contributed by atoms with E-state index in [1.807, 2.05) is 25.1 Å². The molecule has 0 bridgehead atoms. The second kappa shape index (κ2) is 9.09. The molecule has 0 aromatic heterocycles. The number of ether oxygens (including phenoxy) is 3. The number of fused-ring (bicyclic) bond motifs is 1. The third-order valence-electron chi connectivity index (χ3n) is 4.91. The van der Waals surface area contributed by atoms with Gasteiger partial charge in [-0.15, -0.1) is 0 Å². The van der Waals surface area contributed by atoms with Crippen LogP contribution in [0, 0.1) is 0 Å². The number of anilines is 1. The van der Waals surface area contributed by atoms with Crippen LogP contribution in [-0.2, 0) is 4.74 Å². The molecule has 2 N–H and O–H groups in total. The summed E-state index contributed by atoms with van der Waals surface area (Å²) < 4.78 is 16.9. The van der Waals surface area contributed by atoms with E-state index in [4.69, 9.17) is 14.2 Å². The van der Waals surface area contributed by atoms with E-state index < -0.39 is 0 Å². The predicted molar refractivity (Wildman–Crippen MR) is 103 cm³/mol. The Balaban J connectivity index is 1.53. The molecule has 2 aliphatic heterocycles. The fourth-order valence-electron chi connectivity index (χ4n) is 3.56. The van der Waals surface area contributed by atoms with Crippen LogP contribution in [0.1, 0.15) is 19.8 Å². The van der Waals surface area contributed by atoms with Crippen molar-refractivity contribution in [3.63, 3.8) is 0 Å². The average molecular weight is 362 g/mol. The average Bonchev–Trinajstić information content (AvgIpc) is 3.14. The van der Waals surface area contributed by atoms with Gasteiger partial charge in [0, 0.05) is 37.9 Å². The van der Waals surface area contributed by atoms with Gasteiger partial charge in [0.2, 0.25) is 0 Å². The van der Waals surface area contributed by atoms with E-state index in [0.29, 0.717) is 24.4 Å². The Morgan fingerprint density at radius 1 is 1.38 bits per heavy atom. The smallest absolute Gasteiger partial charge is 0.195 e. The van der Waals surface area contributed by atoms with Crippen molar-refractivity contribution in [1.29, 1.82) is 0 Å². The molecule has 2 saturated heterocycles. The van der Waals surface area contributed by atoms with E-state index in [-0.39, 0.29) is 6.10 Å². The number of benzene rings is 1. The van der Waals surface area contributed by atoms with Crippen LogP contribution in [-0.4, -0.2) is 70.0 Å². The minimum atomic E-state index is 0.192. The highest BCUT2D eigenvalue weighted by Crippen LogP contribution is 2.30. The van der Waals surface area contributed by atoms with Crippen LogP contribution >= 0.6 is 0 Å². The lowest BCUT2D eigenvalue weighted by atomic mass is 10.2. The van der Waals surface area contributed by atoms with Crippen molar-refractivity contribution >= 4 is 11.6 Å². The molecule has 2 unspecified atom stereocenters. The largest absolute Gasteiger partial charge is 0.493 e. The van der Waals surface area contributed by atoms with Gasteiger partial charge >= 0.3 is 0 Å². The monoisotopic (exact) mass is 362 g/mol. The Hall–Kier alpha value is -1.99. The summed E-state index contributed by atoms with van der Waals surface area (Å²) in [6.07, 6.45) is 2.75. The molecule has 0 aliphatic carbocycles. The highest BCUT2D eigenvalue weighted by Gasteiger charge is 2.32. The zero-order valence-corrected chi connectivity index (χ0v) is 16.0. The van der Waals surface area contributed by atoms with Crippen LogP contribution in [0.4, 0.5) is 5.69 Å². The van der Waals surface area contributed by atoms with Crippen molar-refractivity contribution < 1.29 is 14.2 Å². The van der Waals surface area contributed by atoms with Crippen molar-refractivity contribution in [2.24, 2.45) is 4.99 Å². The molecule has 0 spiro atoms. The van der Waals surface area contributed by atoms with Gasteiger partial charge in [-0.1, -0.05) is 0 Å². The fourth-order valence-corrected chi connectivity index (χ4v) is 3.56. The Bertz CT molecular complexity index is 623. The number of aliphatic imine (C=N–C) groups is 1. The summed E-state index contributed by atoms with van der Waals surface area (Å²) in [5.41, 5.74) is 0.891. The standard InChI is InChI=1S/C19H30N4O3/c1-4-25-17-8-7-14(10-18(17)24-3)22-19(20-2)21-11-16-12-23-9-5-6-15(23)13-26-16/h7-8,10,15-16H,4-6,9,11-13H2,1-3H3,(H2,20,21,22). The van der Waals surface area contributed by atoms with Gasteiger partial charge in [0.1, 0.15) is 0 Å². The van der Waals surface area contributed by atoms with E-state index in [0.717, 1.165) is 31.1 Å². The Morgan fingerprint density at radius 2 is 2.27 bits per heavy atom. The molecular weight excluding hydrogens is 332 g/mol. The van der Waals surface area contributed by atoms with Gasteiger partial charge < -0.3 is 24.8 Å². The summed E-state index contributed by atoms with van der Waals surface area (Å²) in [4.78, 5) is 6.85. The molecule has 2 aliphatic rings. The van der Waals surface area contributed by atoms with Crippen LogP contribution in [0.15, 0.2) is 23.2 Å². The number of nitrogens with one attached hydrogen (secondary N) is 2. The third-order valence-corrected chi connectivity index (χ3v) is 4.91. The van der Waals surface area contributed by atoms with Gasteiger partial charge in [0.15, 0.2) is 17.5 Å². The number of guanidine groups is 1. The zero-order valence-electron chi connectivity index (χ0n) is 16.0. The molecule has 2 fully saturated rings. The number of rotatable bonds is 6. The first-order chi connectivity index (χ1) is 12.7. The van der Waals surface area contributed by atoms with E-state index in [2.05, 4.69) is 20.5 Å². The lowest BCUT2D eigenvalue weighted by Gasteiger charge is -2.35. The first-order valence-electron chi connectivity index (χ1n) is 9.37. The number of hydrogen-bond donors (Lipinski definition) is 2. The van der Waals surface area contributed by atoms with Crippen LogP contribution in [0.5, 0.6) is 11.5 Å². The minimum absolute atomic E-state index is 0.192. The van der Waals surface area contributed by atoms with Gasteiger partial charge in [-0.2, -0.15) is 0 Å². The van der Waals surface area contributed by atoms with Crippen molar-refractivity contribution in [3.8, 4) is 11.5 Å². The molecule has 0 saturated carbocycles.